The molecule has 2 heterocycles. The van der Waals surface area contributed by atoms with Crippen molar-refractivity contribution < 1.29 is 4.79 Å². The third-order valence-electron chi connectivity index (χ3n) is 5.00. The van der Waals surface area contributed by atoms with Crippen LogP contribution in [0.3, 0.4) is 0 Å². The van der Waals surface area contributed by atoms with Gasteiger partial charge in [-0.3, -0.25) is 9.59 Å². The summed E-state index contributed by atoms with van der Waals surface area (Å²) in [5.41, 5.74) is 1.80. The Kier molecular flexibility index (Phi) is 4.86. The number of carbonyl (C=O) groups is 1. The van der Waals surface area contributed by atoms with Gasteiger partial charge in [0, 0.05) is 54.5 Å². The van der Waals surface area contributed by atoms with Crippen molar-refractivity contribution in [1.29, 1.82) is 0 Å². The number of amides is 1. The number of aromatic nitrogens is 1. The molecule has 4 rings (SSSR count). The summed E-state index contributed by atoms with van der Waals surface area (Å²) in [6, 6.07) is 16.9. The summed E-state index contributed by atoms with van der Waals surface area (Å²) in [5, 5.41) is 1.12. The topological polar surface area (TPSA) is 45.6 Å². The molecule has 1 aliphatic rings. The monoisotopic (exact) mass is 381 g/mol. The fourth-order valence-corrected chi connectivity index (χ4v) is 3.68. The zero-order chi connectivity index (χ0) is 18.8. The molecule has 0 spiro atoms. The molecule has 1 fully saturated rings. The van der Waals surface area contributed by atoms with Gasteiger partial charge in [0.1, 0.15) is 6.54 Å². The van der Waals surface area contributed by atoms with Crippen molar-refractivity contribution in [3.63, 3.8) is 0 Å². The minimum absolute atomic E-state index is 0.0487. The number of benzene rings is 2. The van der Waals surface area contributed by atoms with Crippen LogP contribution in [0.2, 0.25) is 5.02 Å². The van der Waals surface area contributed by atoms with Gasteiger partial charge in [-0.25, -0.2) is 0 Å². The predicted octanol–water partition coefficient (Wildman–Crippen LogP) is 3.00. The van der Waals surface area contributed by atoms with Crippen LogP contribution in [0.15, 0.2) is 65.6 Å². The highest BCUT2D eigenvalue weighted by molar-refractivity contribution is 6.31. The number of fused-ring (bicyclic) bond motifs is 1. The molecular weight excluding hydrogens is 362 g/mol. The predicted molar refractivity (Wildman–Crippen MR) is 108 cm³/mol. The molecule has 138 valence electrons. The number of pyridine rings is 1. The highest BCUT2D eigenvalue weighted by atomic mass is 35.5. The van der Waals surface area contributed by atoms with Crippen LogP contribution < -0.4 is 10.3 Å². The fraction of sp³-hybridized carbons (Fsp3) is 0.238. The molecular formula is C21H20ClN3O2. The highest BCUT2D eigenvalue weighted by Crippen LogP contribution is 2.18. The second-order valence-electron chi connectivity index (χ2n) is 6.67. The Morgan fingerprint density at radius 3 is 2.44 bits per heavy atom. The van der Waals surface area contributed by atoms with Crippen molar-refractivity contribution in [3.05, 3.63) is 76.0 Å². The number of halogens is 1. The van der Waals surface area contributed by atoms with E-state index in [1.807, 2.05) is 23.1 Å². The van der Waals surface area contributed by atoms with E-state index in [0.717, 1.165) is 13.1 Å². The first-order valence-electron chi connectivity index (χ1n) is 8.98. The van der Waals surface area contributed by atoms with E-state index >= 15 is 0 Å². The molecule has 5 nitrogen and oxygen atoms in total. The van der Waals surface area contributed by atoms with E-state index in [1.165, 1.54) is 11.8 Å². The summed E-state index contributed by atoms with van der Waals surface area (Å²) < 4.78 is 1.80. The van der Waals surface area contributed by atoms with E-state index in [-0.39, 0.29) is 17.9 Å². The van der Waals surface area contributed by atoms with Gasteiger partial charge >= 0.3 is 0 Å². The van der Waals surface area contributed by atoms with Crippen molar-refractivity contribution in [3.8, 4) is 0 Å². The molecule has 0 aliphatic carbocycles. The van der Waals surface area contributed by atoms with Crippen LogP contribution in [0.4, 0.5) is 5.69 Å². The number of carbonyl (C=O) groups excluding carboxylic acids is 1. The van der Waals surface area contributed by atoms with Crippen molar-refractivity contribution >= 4 is 34.1 Å². The average molecular weight is 382 g/mol. The second-order valence-corrected chi connectivity index (χ2v) is 7.11. The van der Waals surface area contributed by atoms with Crippen molar-refractivity contribution in [1.82, 2.24) is 9.47 Å². The van der Waals surface area contributed by atoms with Gasteiger partial charge in [0.15, 0.2) is 5.43 Å². The van der Waals surface area contributed by atoms with Crippen LogP contribution in [0.25, 0.3) is 10.9 Å². The van der Waals surface area contributed by atoms with Gasteiger partial charge in [0.05, 0.1) is 5.52 Å². The van der Waals surface area contributed by atoms with Gasteiger partial charge in [-0.05, 0) is 30.3 Å². The van der Waals surface area contributed by atoms with Crippen molar-refractivity contribution in [2.24, 2.45) is 0 Å². The van der Waals surface area contributed by atoms with Gasteiger partial charge in [-0.2, -0.15) is 0 Å². The smallest absolute Gasteiger partial charge is 0.242 e. The lowest BCUT2D eigenvalue weighted by atomic mass is 10.2. The lowest BCUT2D eigenvalue weighted by molar-refractivity contribution is -0.132. The third kappa shape index (κ3) is 3.69. The van der Waals surface area contributed by atoms with Crippen LogP contribution in [0.5, 0.6) is 0 Å². The Bertz CT molecular complexity index is 1020. The number of piperazine rings is 1. The van der Waals surface area contributed by atoms with E-state index < -0.39 is 0 Å². The van der Waals surface area contributed by atoms with Gasteiger partial charge < -0.3 is 14.4 Å². The molecule has 1 amide bonds. The van der Waals surface area contributed by atoms with Crippen molar-refractivity contribution in [2.45, 2.75) is 6.54 Å². The van der Waals surface area contributed by atoms with Crippen LogP contribution in [0, 0.1) is 0 Å². The molecule has 3 aromatic rings. The van der Waals surface area contributed by atoms with E-state index in [9.17, 15) is 9.59 Å². The molecule has 1 aliphatic heterocycles. The Morgan fingerprint density at radius 2 is 1.70 bits per heavy atom. The largest absolute Gasteiger partial charge is 0.368 e. The molecule has 0 atom stereocenters. The summed E-state index contributed by atoms with van der Waals surface area (Å²) in [4.78, 5) is 29.0. The molecule has 27 heavy (non-hydrogen) atoms. The number of nitrogens with zero attached hydrogens (tertiary/aromatic N) is 3. The lowest BCUT2D eigenvalue weighted by Crippen LogP contribution is -2.49. The zero-order valence-electron chi connectivity index (χ0n) is 14.8. The average Bonchev–Trinajstić information content (AvgIpc) is 2.71. The van der Waals surface area contributed by atoms with Crippen LogP contribution in [-0.2, 0) is 11.3 Å². The molecule has 2 aromatic carbocycles. The number of para-hydroxylation sites is 1. The molecule has 0 N–H and O–H groups in total. The molecule has 0 bridgehead atoms. The Morgan fingerprint density at radius 1 is 0.963 bits per heavy atom. The summed E-state index contributed by atoms with van der Waals surface area (Å²) in [6.07, 6.45) is 1.67. The zero-order valence-corrected chi connectivity index (χ0v) is 15.6. The van der Waals surface area contributed by atoms with Crippen molar-refractivity contribution in [2.75, 3.05) is 31.1 Å². The highest BCUT2D eigenvalue weighted by Gasteiger charge is 2.21. The van der Waals surface area contributed by atoms with Crippen LogP contribution in [0.1, 0.15) is 0 Å². The maximum absolute atomic E-state index is 12.8. The third-order valence-corrected chi connectivity index (χ3v) is 5.23. The minimum atomic E-state index is -0.0677. The van der Waals surface area contributed by atoms with Gasteiger partial charge in [0.25, 0.3) is 0 Å². The van der Waals surface area contributed by atoms with Gasteiger partial charge in [0.2, 0.25) is 5.91 Å². The number of hydrogen-bond acceptors (Lipinski definition) is 3. The van der Waals surface area contributed by atoms with Crippen LogP contribution in [-0.4, -0.2) is 41.6 Å². The minimum Gasteiger partial charge on any atom is -0.368 e. The first kappa shape index (κ1) is 17.6. The summed E-state index contributed by atoms with van der Waals surface area (Å²) in [6.45, 7) is 3.20. The molecule has 1 aromatic heterocycles. The lowest BCUT2D eigenvalue weighted by Gasteiger charge is -2.36. The standard InChI is InChI=1S/C21H20ClN3O2/c22-16-6-7-18-19(14-16)25(9-8-20(18)26)15-21(27)24-12-10-23(11-13-24)17-4-2-1-3-5-17/h1-9,14H,10-13,15H2. The van der Waals surface area contributed by atoms with Gasteiger partial charge in [-0.1, -0.05) is 29.8 Å². The molecule has 6 heteroatoms. The Hall–Kier alpha value is -2.79. The normalized spacial score (nSPS) is 14.6. The molecule has 0 unspecified atom stereocenters. The molecule has 0 radical (unpaired) electrons. The summed E-state index contributed by atoms with van der Waals surface area (Å²) in [5.74, 6) is 0.0487. The fourth-order valence-electron chi connectivity index (χ4n) is 3.51. The number of hydrogen-bond donors (Lipinski definition) is 0. The maximum Gasteiger partial charge on any atom is 0.242 e. The number of anilines is 1. The Balaban J connectivity index is 1.48. The van der Waals surface area contributed by atoms with Crippen LogP contribution >= 0.6 is 11.6 Å². The second kappa shape index (κ2) is 7.45. The van der Waals surface area contributed by atoms with Gasteiger partial charge in [-0.15, -0.1) is 0 Å². The maximum atomic E-state index is 12.8. The quantitative estimate of drug-likeness (QED) is 0.700. The van der Waals surface area contributed by atoms with E-state index in [2.05, 4.69) is 17.0 Å². The first-order chi connectivity index (χ1) is 13.1. The summed E-state index contributed by atoms with van der Waals surface area (Å²) in [7, 11) is 0. The van der Waals surface area contributed by atoms with E-state index in [4.69, 9.17) is 11.6 Å². The SMILES string of the molecule is O=C(Cn1ccc(=O)c2ccc(Cl)cc21)N1CCN(c2ccccc2)CC1. The van der Waals surface area contributed by atoms with E-state index in [1.54, 1.807) is 29.0 Å². The Labute approximate surface area is 162 Å². The number of rotatable bonds is 3. The summed E-state index contributed by atoms with van der Waals surface area (Å²) >= 11 is 6.09. The molecule has 1 saturated heterocycles. The molecule has 0 saturated carbocycles. The first-order valence-corrected chi connectivity index (χ1v) is 9.36. The van der Waals surface area contributed by atoms with E-state index in [0.29, 0.717) is 29.0 Å².